The van der Waals surface area contributed by atoms with E-state index in [1.807, 2.05) is 29.2 Å². The highest BCUT2D eigenvalue weighted by Gasteiger charge is 2.18. The second-order valence-electron chi connectivity index (χ2n) is 6.10. The maximum Gasteiger partial charge on any atom is 0.230 e. The lowest BCUT2D eigenvalue weighted by atomic mass is 10.1. The molecule has 2 N–H and O–H groups in total. The summed E-state index contributed by atoms with van der Waals surface area (Å²) in [5, 5.41) is 13.0. The first kappa shape index (κ1) is 16.0. The van der Waals surface area contributed by atoms with Crippen LogP contribution in [0.25, 0.3) is 11.0 Å². The number of hydrogen-bond acceptors (Lipinski definition) is 4. The Morgan fingerprint density at radius 1 is 1.22 bits per heavy atom. The third kappa shape index (κ3) is 4.12. The summed E-state index contributed by atoms with van der Waals surface area (Å²) in [7, 11) is 0. The second kappa shape index (κ2) is 7.62. The van der Waals surface area contributed by atoms with Crippen molar-refractivity contribution < 1.29 is 14.3 Å². The Bertz CT molecular complexity index is 659. The summed E-state index contributed by atoms with van der Waals surface area (Å²) in [5.41, 5.74) is 1.92. The van der Waals surface area contributed by atoms with E-state index in [1.165, 1.54) is 6.42 Å². The predicted octanol–water partition coefficient (Wildman–Crippen LogP) is 2.07. The number of aliphatic hydroxyl groups is 1. The van der Waals surface area contributed by atoms with Crippen molar-refractivity contribution in [3.63, 3.8) is 0 Å². The van der Waals surface area contributed by atoms with Gasteiger partial charge in [-0.2, -0.15) is 0 Å². The summed E-state index contributed by atoms with van der Waals surface area (Å²) in [5.74, 6) is 0.893. The van der Waals surface area contributed by atoms with Crippen LogP contribution in [0.2, 0.25) is 0 Å². The second-order valence-corrected chi connectivity index (χ2v) is 6.10. The number of amides is 1. The fourth-order valence-electron chi connectivity index (χ4n) is 3.04. The molecule has 0 radical (unpaired) electrons. The van der Waals surface area contributed by atoms with Gasteiger partial charge in [0, 0.05) is 31.6 Å². The number of rotatable bonds is 6. The lowest BCUT2D eigenvalue weighted by molar-refractivity contribution is -0.131. The van der Waals surface area contributed by atoms with Crippen LogP contribution in [0.4, 0.5) is 0 Å². The van der Waals surface area contributed by atoms with E-state index in [2.05, 4.69) is 5.32 Å². The molecule has 5 nitrogen and oxygen atoms in total. The standard InChI is InChI=1S/C18H24N2O3/c21-9-6-19-13-14-4-5-15-11-16(23-17(15)10-14)12-18(22)20-7-2-1-3-8-20/h4-5,10-11,19,21H,1-3,6-9,12-13H2. The molecule has 1 amide bonds. The van der Waals surface area contributed by atoms with Crippen molar-refractivity contribution in [1.82, 2.24) is 10.2 Å². The normalized spacial score (nSPS) is 15.3. The van der Waals surface area contributed by atoms with E-state index < -0.39 is 0 Å². The zero-order valence-corrected chi connectivity index (χ0v) is 13.4. The smallest absolute Gasteiger partial charge is 0.230 e. The summed E-state index contributed by atoms with van der Waals surface area (Å²) >= 11 is 0. The maximum atomic E-state index is 12.3. The number of hydrogen-bond donors (Lipinski definition) is 2. The van der Waals surface area contributed by atoms with E-state index in [9.17, 15) is 4.79 Å². The molecule has 0 unspecified atom stereocenters. The summed E-state index contributed by atoms with van der Waals surface area (Å²) in [4.78, 5) is 14.3. The Morgan fingerprint density at radius 3 is 2.83 bits per heavy atom. The number of nitrogens with zero attached hydrogens (tertiary/aromatic N) is 1. The molecule has 1 aromatic heterocycles. The summed E-state index contributed by atoms with van der Waals surface area (Å²) < 4.78 is 5.85. The van der Waals surface area contributed by atoms with Crippen LogP contribution >= 0.6 is 0 Å². The number of carbonyl (C=O) groups is 1. The van der Waals surface area contributed by atoms with Gasteiger partial charge in [0.2, 0.25) is 5.91 Å². The van der Waals surface area contributed by atoms with Crippen LogP contribution in [-0.4, -0.2) is 42.2 Å². The van der Waals surface area contributed by atoms with Gasteiger partial charge in [-0.25, -0.2) is 0 Å². The van der Waals surface area contributed by atoms with Gasteiger partial charge in [-0.1, -0.05) is 12.1 Å². The molecule has 5 heteroatoms. The van der Waals surface area contributed by atoms with Crippen LogP contribution < -0.4 is 5.32 Å². The van der Waals surface area contributed by atoms with Crippen molar-refractivity contribution in [3.05, 3.63) is 35.6 Å². The number of carbonyl (C=O) groups excluding carboxylic acids is 1. The molecule has 23 heavy (non-hydrogen) atoms. The fraction of sp³-hybridized carbons (Fsp3) is 0.500. The third-order valence-corrected chi connectivity index (χ3v) is 4.29. The maximum absolute atomic E-state index is 12.3. The molecule has 3 rings (SSSR count). The number of likely N-dealkylation sites (tertiary alicyclic amines) is 1. The van der Waals surface area contributed by atoms with Crippen LogP contribution in [0.3, 0.4) is 0 Å². The number of fused-ring (bicyclic) bond motifs is 1. The van der Waals surface area contributed by atoms with Gasteiger partial charge in [0.05, 0.1) is 13.0 Å². The predicted molar refractivity (Wildman–Crippen MR) is 89.1 cm³/mol. The number of furan rings is 1. The Balaban J connectivity index is 1.66. The quantitative estimate of drug-likeness (QED) is 0.801. The molecule has 0 atom stereocenters. The minimum atomic E-state index is 0.131. The molecule has 0 saturated carbocycles. The molecular formula is C18H24N2O3. The molecule has 0 spiro atoms. The number of piperidine rings is 1. The number of aliphatic hydroxyl groups excluding tert-OH is 1. The Kier molecular flexibility index (Phi) is 5.31. The van der Waals surface area contributed by atoms with Crippen molar-refractivity contribution in [3.8, 4) is 0 Å². The first-order valence-corrected chi connectivity index (χ1v) is 8.37. The zero-order valence-electron chi connectivity index (χ0n) is 13.4. The monoisotopic (exact) mass is 316 g/mol. The van der Waals surface area contributed by atoms with Crippen molar-refractivity contribution in [2.24, 2.45) is 0 Å². The zero-order chi connectivity index (χ0) is 16.1. The lowest BCUT2D eigenvalue weighted by Gasteiger charge is -2.26. The molecule has 2 heterocycles. The van der Waals surface area contributed by atoms with Crippen LogP contribution in [-0.2, 0) is 17.8 Å². The molecule has 0 bridgehead atoms. The minimum Gasteiger partial charge on any atom is -0.461 e. The molecule has 1 fully saturated rings. The van der Waals surface area contributed by atoms with Crippen molar-refractivity contribution >= 4 is 16.9 Å². The molecule has 1 saturated heterocycles. The van der Waals surface area contributed by atoms with E-state index in [0.717, 1.165) is 48.2 Å². The number of benzene rings is 1. The van der Waals surface area contributed by atoms with Crippen LogP contribution in [0.5, 0.6) is 0 Å². The highest BCUT2D eigenvalue weighted by Crippen LogP contribution is 2.22. The molecule has 0 aliphatic carbocycles. The van der Waals surface area contributed by atoms with E-state index in [1.54, 1.807) is 0 Å². The first-order valence-electron chi connectivity index (χ1n) is 8.37. The number of nitrogens with one attached hydrogen (secondary N) is 1. The van der Waals surface area contributed by atoms with Gasteiger partial charge in [0.15, 0.2) is 0 Å². The molecule has 1 aliphatic heterocycles. The fourth-order valence-corrected chi connectivity index (χ4v) is 3.04. The summed E-state index contributed by atoms with van der Waals surface area (Å²) in [6, 6.07) is 8.01. The molecule has 1 aliphatic rings. The molecule has 124 valence electrons. The van der Waals surface area contributed by atoms with Crippen LogP contribution in [0.1, 0.15) is 30.6 Å². The van der Waals surface area contributed by atoms with Gasteiger partial charge in [-0.3, -0.25) is 4.79 Å². The Morgan fingerprint density at radius 2 is 2.04 bits per heavy atom. The average Bonchev–Trinajstić information content (AvgIpc) is 2.97. The average molecular weight is 316 g/mol. The van der Waals surface area contributed by atoms with Crippen molar-refractivity contribution in [2.75, 3.05) is 26.2 Å². The summed E-state index contributed by atoms with van der Waals surface area (Å²) in [6.45, 7) is 3.15. The van der Waals surface area contributed by atoms with Crippen LogP contribution in [0, 0.1) is 0 Å². The highest BCUT2D eigenvalue weighted by atomic mass is 16.3. The lowest BCUT2D eigenvalue weighted by Crippen LogP contribution is -2.36. The topological polar surface area (TPSA) is 65.7 Å². The van der Waals surface area contributed by atoms with E-state index in [0.29, 0.717) is 19.5 Å². The first-order chi connectivity index (χ1) is 11.3. The molecule has 2 aromatic rings. The van der Waals surface area contributed by atoms with Gasteiger partial charge in [0.1, 0.15) is 11.3 Å². The molecule has 1 aromatic carbocycles. The van der Waals surface area contributed by atoms with Gasteiger partial charge < -0.3 is 19.7 Å². The molecular weight excluding hydrogens is 292 g/mol. The highest BCUT2D eigenvalue weighted by molar-refractivity contribution is 5.82. The van der Waals surface area contributed by atoms with Gasteiger partial charge in [-0.05, 0) is 37.0 Å². The SMILES string of the molecule is O=C(Cc1cc2ccc(CNCCO)cc2o1)N1CCCCC1. The largest absolute Gasteiger partial charge is 0.461 e. The third-order valence-electron chi connectivity index (χ3n) is 4.29. The van der Waals surface area contributed by atoms with Crippen molar-refractivity contribution in [1.29, 1.82) is 0 Å². The minimum absolute atomic E-state index is 0.131. The van der Waals surface area contributed by atoms with Crippen LogP contribution in [0.15, 0.2) is 28.7 Å². The Labute approximate surface area is 136 Å². The Hall–Kier alpha value is -1.85. The van der Waals surface area contributed by atoms with Gasteiger partial charge in [-0.15, -0.1) is 0 Å². The van der Waals surface area contributed by atoms with E-state index >= 15 is 0 Å². The van der Waals surface area contributed by atoms with Gasteiger partial charge >= 0.3 is 0 Å². The van der Waals surface area contributed by atoms with E-state index in [-0.39, 0.29) is 12.5 Å². The van der Waals surface area contributed by atoms with Gasteiger partial charge in [0.25, 0.3) is 0 Å². The van der Waals surface area contributed by atoms with Crippen molar-refractivity contribution in [2.45, 2.75) is 32.2 Å². The summed E-state index contributed by atoms with van der Waals surface area (Å²) in [6.07, 6.45) is 3.78. The van der Waals surface area contributed by atoms with E-state index in [4.69, 9.17) is 9.52 Å².